The first-order chi connectivity index (χ1) is 10.6. The fraction of sp³-hybridized carbons (Fsp3) is 1.00. The molecular weight excluding hydrogens is 292 g/mol. The van der Waals surface area contributed by atoms with Gasteiger partial charge in [-0.1, -0.05) is 58.3 Å². The average molecular weight is 331 g/mol. The lowest BCUT2D eigenvalue weighted by Crippen LogP contribution is -2.37. The summed E-state index contributed by atoms with van der Waals surface area (Å²) in [6, 6.07) is 0. The van der Waals surface area contributed by atoms with Crippen molar-refractivity contribution in [1.29, 1.82) is 0 Å². The summed E-state index contributed by atoms with van der Waals surface area (Å²) < 4.78 is 17.6. The second-order valence-corrected chi connectivity index (χ2v) is 10.4. The Balaban J connectivity index is 1.87. The van der Waals surface area contributed by atoms with Crippen LogP contribution in [-0.2, 0) is 13.6 Å². The molecule has 3 nitrogen and oxygen atoms in total. The topological polar surface area (TPSA) is 27.7 Å². The van der Waals surface area contributed by atoms with Gasteiger partial charge in [0.25, 0.3) is 0 Å². The molecule has 132 valence electrons. The normalized spacial score (nSPS) is 19.0. The molecule has 0 radical (unpaired) electrons. The lowest BCUT2D eigenvalue weighted by molar-refractivity contribution is 0.0504. The molecule has 1 heterocycles. The summed E-state index contributed by atoms with van der Waals surface area (Å²) in [6.45, 7) is 9.05. The predicted octanol–water partition coefficient (Wildman–Crippen LogP) is 5.43. The fourth-order valence-electron chi connectivity index (χ4n) is 2.84. The molecule has 0 N–H and O–H groups in total. The molecule has 0 amide bonds. The highest BCUT2D eigenvalue weighted by atomic mass is 28.4. The highest BCUT2D eigenvalue weighted by Crippen LogP contribution is 2.16. The lowest BCUT2D eigenvalue weighted by atomic mass is 10.1. The van der Waals surface area contributed by atoms with Gasteiger partial charge >= 0.3 is 8.56 Å². The van der Waals surface area contributed by atoms with Gasteiger partial charge in [0, 0.05) is 13.2 Å². The van der Waals surface area contributed by atoms with Crippen LogP contribution in [0.25, 0.3) is 0 Å². The van der Waals surface area contributed by atoms with E-state index in [9.17, 15) is 0 Å². The molecule has 1 unspecified atom stereocenters. The van der Waals surface area contributed by atoms with Crippen LogP contribution < -0.4 is 0 Å². The summed E-state index contributed by atoms with van der Waals surface area (Å²) >= 11 is 0. The zero-order valence-corrected chi connectivity index (χ0v) is 16.2. The first-order valence-corrected chi connectivity index (χ1v) is 12.4. The quantitative estimate of drug-likeness (QED) is 0.314. The molecule has 0 aliphatic carbocycles. The summed E-state index contributed by atoms with van der Waals surface area (Å²) in [6.07, 6.45) is 14.8. The summed E-state index contributed by atoms with van der Waals surface area (Å²) in [5, 5.41) is 0. The van der Waals surface area contributed by atoms with E-state index in [1.54, 1.807) is 0 Å². The monoisotopic (exact) mass is 330 g/mol. The van der Waals surface area contributed by atoms with Gasteiger partial charge in [-0.05, 0) is 32.4 Å². The minimum Gasteiger partial charge on any atom is -0.395 e. The van der Waals surface area contributed by atoms with Crippen molar-refractivity contribution in [2.75, 3.05) is 19.8 Å². The summed E-state index contributed by atoms with van der Waals surface area (Å²) in [5.74, 6) is 0. The van der Waals surface area contributed by atoms with Gasteiger partial charge in [-0.2, -0.15) is 0 Å². The molecule has 0 aromatic carbocycles. The van der Waals surface area contributed by atoms with E-state index in [1.165, 1.54) is 64.2 Å². The van der Waals surface area contributed by atoms with Gasteiger partial charge in [0.2, 0.25) is 0 Å². The molecule has 1 saturated heterocycles. The van der Waals surface area contributed by atoms with Crippen LogP contribution >= 0.6 is 0 Å². The van der Waals surface area contributed by atoms with Crippen molar-refractivity contribution in [3.05, 3.63) is 0 Å². The molecule has 1 aliphatic heterocycles. The van der Waals surface area contributed by atoms with E-state index in [2.05, 4.69) is 20.0 Å². The van der Waals surface area contributed by atoms with Gasteiger partial charge < -0.3 is 13.6 Å². The molecule has 22 heavy (non-hydrogen) atoms. The van der Waals surface area contributed by atoms with E-state index < -0.39 is 8.56 Å². The van der Waals surface area contributed by atoms with Crippen molar-refractivity contribution in [3.63, 3.8) is 0 Å². The Hall–Kier alpha value is 0.0969. The van der Waals surface area contributed by atoms with E-state index in [4.69, 9.17) is 13.6 Å². The highest BCUT2D eigenvalue weighted by molar-refractivity contribution is 6.64. The molecular formula is C18H38O3Si. The third kappa shape index (κ3) is 10.8. The Morgan fingerprint density at radius 1 is 0.909 bits per heavy atom. The van der Waals surface area contributed by atoms with Crippen LogP contribution in [0, 0.1) is 0 Å². The van der Waals surface area contributed by atoms with Gasteiger partial charge in [-0.3, -0.25) is 0 Å². The van der Waals surface area contributed by atoms with Crippen molar-refractivity contribution in [2.24, 2.45) is 0 Å². The third-order valence-electron chi connectivity index (χ3n) is 4.34. The van der Waals surface area contributed by atoms with E-state index in [-0.39, 0.29) is 0 Å². The van der Waals surface area contributed by atoms with Crippen LogP contribution in [0.2, 0.25) is 13.1 Å². The Morgan fingerprint density at radius 3 is 2.14 bits per heavy atom. The largest absolute Gasteiger partial charge is 0.395 e. The minimum atomic E-state index is -1.94. The van der Waals surface area contributed by atoms with Crippen LogP contribution in [0.15, 0.2) is 0 Å². The second kappa shape index (κ2) is 12.5. The van der Waals surface area contributed by atoms with Crippen molar-refractivity contribution in [3.8, 4) is 0 Å². The molecule has 1 fully saturated rings. The maximum atomic E-state index is 6.01. The van der Waals surface area contributed by atoms with Gasteiger partial charge in [-0.25, -0.2) is 0 Å². The first-order valence-electron chi connectivity index (χ1n) is 9.53. The maximum Gasteiger partial charge on any atom is 0.331 e. The van der Waals surface area contributed by atoms with Crippen LogP contribution in [0.4, 0.5) is 0 Å². The van der Waals surface area contributed by atoms with Crippen LogP contribution in [0.5, 0.6) is 0 Å². The van der Waals surface area contributed by atoms with Crippen molar-refractivity contribution in [2.45, 2.75) is 96.8 Å². The minimum absolute atomic E-state index is 0.308. The van der Waals surface area contributed by atoms with Crippen molar-refractivity contribution < 1.29 is 13.6 Å². The molecule has 0 spiro atoms. The van der Waals surface area contributed by atoms with Crippen molar-refractivity contribution in [1.82, 2.24) is 0 Å². The first kappa shape index (κ1) is 20.1. The highest BCUT2D eigenvalue weighted by Gasteiger charge is 2.27. The van der Waals surface area contributed by atoms with Crippen LogP contribution in [0.1, 0.15) is 77.6 Å². The standard InChI is InChI=1S/C18H38O3Si/c1-4-5-6-7-8-9-10-11-12-16-20-22(2,3)21-17-18-14-13-15-19-18/h18H,4-17H2,1-3H3. The third-order valence-corrected chi connectivity index (χ3v) is 6.10. The lowest BCUT2D eigenvalue weighted by Gasteiger charge is -2.24. The molecule has 0 saturated carbocycles. The van der Waals surface area contributed by atoms with E-state index in [1.807, 2.05) is 0 Å². The SMILES string of the molecule is CCCCCCCCCCCO[Si](C)(C)OCC1CCCO1. The van der Waals surface area contributed by atoms with Crippen molar-refractivity contribution >= 4 is 8.56 Å². The Kier molecular flexibility index (Phi) is 11.5. The molecule has 0 aromatic rings. The van der Waals surface area contributed by atoms with Crippen LogP contribution in [-0.4, -0.2) is 34.5 Å². The smallest absolute Gasteiger partial charge is 0.331 e. The molecule has 0 aromatic heterocycles. The summed E-state index contributed by atoms with van der Waals surface area (Å²) in [7, 11) is -1.94. The molecule has 0 bridgehead atoms. The van der Waals surface area contributed by atoms with Gasteiger partial charge in [0.15, 0.2) is 0 Å². The summed E-state index contributed by atoms with van der Waals surface area (Å²) in [5.41, 5.74) is 0. The molecule has 1 atom stereocenters. The Bertz CT molecular complexity index is 253. The average Bonchev–Trinajstić information content (AvgIpc) is 3.01. The molecule has 1 rings (SSSR count). The number of unbranched alkanes of at least 4 members (excludes halogenated alkanes) is 8. The Labute approximate surface area is 139 Å². The number of ether oxygens (including phenoxy) is 1. The van der Waals surface area contributed by atoms with Gasteiger partial charge in [0.1, 0.15) is 0 Å². The number of rotatable bonds is 14. The number of hydrogen-bond donors (Lipinski definition) is 0. The summed E-state index contributed by atoms with van der Waals surface area (Å²) in [4.78, 5) is 0. The van der Waals surface area contributed by atoms with E-state index >= 15 is 0 Å². The van der Waals surface area contributed by atoms with E-state index in [0.717, 1.165) is 26.2 Å². The molecule has 1 aliphatic rings. The maximum absolute atomic E-state index is 6.01. The fourth-order valence-corrected chi connectivity index (χ4v) is 4.15. The van der Waals surface area contributed by atoms with E-state index in [0.29, 0.717) is 6.10 Å². The van der Waals surface area contributed by atoms with Crippen LogP contribution in [0.3, 0.4) is 0 Å². The number of hydrogen-bond acceptors (Lipinski definition) is 3. The zero-order valence-electron chi connectivity index (χ0n) is 15.2. The Morgan fingerprint density at radius 2 is 1.55 bits per heavy atom. The predicted molar refractivity (Wildman–Crippen MR) is 95.6 cm³/mol. The zero-order chi connectivity index (χ0) is 16.1. The van der Waals surface area contributed by atoms with Gasteiger partial charge in [-0.15, -0.1) is 0 Å². The van der Waals surface area contributed by atoms with Gasteiger partial charge in [0.05, 0.1) is 12.7 Å². The second-order valence-electron chi connectivity index (χ2n) is 7.02. The molecule has 4 heteroatoms.